The Balaban J connectivity index is 2.30. The van der Waals surface area contributed by atoms with Gasteiger partial charge in [0.2, 0.25) is 0 Å². The van der Waals surface area contributed by atoms with Crippen molar-refractivity contribution in [1.29, 1.82) is 0 Å². The molecule has 1 saturated heterocycles. The van der Waals surface area contributed by atoms with Gasteiger partial charge in [0.25, 0.3) is 0 Å². The van der Waals surface area contributed by atoms with Crippen molar-refractivity contribution in [1.82, 2.24) is 0 Å². The molecule has 0 saturated carbocycles. The molecule has 2 nitrogen and oxygen atoms in total. The first-order chi connectivity index (χ1) is 5.22. The maximum absolute atomic E-state index is 5.57. The van der Waals surface area contributed by atoms with Gasteiger partial charge in [-0.25, -0.2) is 0 Å². The first-order valence-corrected chi connectivity index (χ1v) is 4.53. The van der Waals surface area contributed by atoms with Crippen LogP contribution in [0, 0.1) is 0 Å². The molecule has 1 rings (SSSR count). The minimum Gasteiger partial charge on any atom is -0.350 e. The van der Waals surface area contributed by atoms with Crippen LogP contribution in [0.2, 0.25) is 0 Å². The zero-order valence-electron chi connectivity index (χ0n) is 7.67. The Hall–Kier alpha value is -0.0800. The second-order valence-electron chi connectivity index (χ2n) is 3.35. The van der Waals surface area contributed by atoms with Crippen molar-refractivity contribution in [2.75, 3.05) is 0 Å². The summed E-state index contributed by atoms with van der Waals surface area (Å²) in [4.78, 5) is 0. The molecular formula is C9H18O2. The second kappa shape index (κ2) is 4.07. The Kier molecular flexibility index (Phi) is 3.34. The fraction of sp³-hybridized carbons (Fsp3) is 1.00. The third kappa shape index (κ3) is 2.80. The molecule has 0 bridgehead atoms. The average molecular weight is 158 g/mol. The predicted octanol–water partition coefficient (Wildman–Crippen LogP) is 2.33. The van der Waals surface area contributed by atoms with E-state index in [2.05, 4.69) is 20.8 Å². The SMILES string of the molecule is CCCC1OC(C)CC(C)O1. The van der Waals surface area contributed by atoms with Gasteiger partial charge in [-0.3, -0.25) is 0 Å². The van der Waals surface area contributed by atoms with Crippen LogP contribution in [0.15, 0.2) is 0 Å². The summed E-state index contributed by atoms with van der Waals surface area (Å²) in [6.45, 7) is 6.38. The van der Waals surface area contributed by atoms with Crippen molar-refractivity contribution in [3.8, 4) is 0 Å². The first kappa shape index (κ1) is 9.01. The quantitative estimate of drug-likeness (QED) is 0.614. The largest absolute Gasteiger partial charge is 0.350 e. The molecule has 0 amide bonds. The number of rotatable bonds is 2. The summed E-state index contributed by atoms with van der Waals surface area (Å²) in [5.74, 6) is 0. The third-order valence-electron chi connectivity index (χ3n) is 1.96. The molecule has 0 radical (unpaired) electrons. The average Bonchev–Trinajstić information content (AvgIpc) is 1.85. The Morgan fingerprint density at radius 2 is 1.73 bits per heavy atom. The van der Waals surface area contributed by atoms with Crippen molar-refractivity contribution in [2.45, 2.75) is 58.5 Å². The van der Waals surface area contributed by atoms with Gasteiger partial charge in [0.05, 0.1) is 12.2 Å². The molecule has 2 unspecified atom stereocenters. The lowest BCUT2D eigenvalue weighted by atomic mass is 10.1. The van der Waals surface area contributed by atoms with Gasteiger partial charge in [0.1, 0.15) is 0 Å². The summed E-state index contributed by atoms with van der Waals surface area (Å²) < 4.78 is 11.1. The third-order valence-corrected chi connectivity index (χ3v) is 1.96. The zero-order valence-corrected chi connectivity index (χ0v) is 7.67. The molecule has 1 aliphatic heterocycles. The van der Waals surface area contributed by atoms with E-state index in [9.17, 15) is 0 Å². The van der Waals surface area contributed by atoms with Crippen LogP contribution in [0.3, 0.4) is 0 Å². The molecular weight excluding hydrogens is 140 g/mol. The van der Waals surface area contributed by atoms with E-state index in [1.54, 1.807) is 0 Å². The molecule has 66 valence electrons. The molecule has 1 aliphatic rings. The lowest BCUT2D eigenvalue weighted by Crippen LogP contribution is -2.35. The lowest BCUT2D eigenvalue weighted by Gasteiger charge is -2.32. The molecule has 1 fully saturated rings. The van der Waals surface area contributed by atoms with Crippen molar-refractivity contribution >= 4 is 0 Å². The first-order valence-electron chi connectivity index (χ1n) is 4.53. The summed E-state index contributed by atoms with van der Waals surface area (Å²) in [7, 11) is 0. The standard InChI is InChI=1S/C9H18O2/c1-4-5-9-10-7(2)6-8(3)11-9/h7-9H,4-6H2,1-3H3. The van der Waals surface area contributed by atoms with Gasteiger partial charge in [0.15, 0.2) is 6.29 Å². The van der Waals surface area contributed by atoms with Crippen LogP contribution in [-0.4, -0.2) is 18.5 Å². The molecule has 0 aromatic rings. The Morgan fingerprint density at radius 3 is 2.18 bits per heavy atom. The van der Waals surface area contributed by atoms with Gasteiger partial charge in [0, 0.05) is 0 Å². The van der Waals surface area contributed by atoms with Gasteiger partial charge in [-0.1, -0.05) is 13.3 Å². The summed E-state index contributed by atoms with van der Waals surface area (Å²) in [6, 6.07) is 0. The normalized spacial score (nSPS) is 39.0. The van der Waals surface area contributed by atoms with Crippen LogP contribution in [-0.2, 0) is 9.47 Å². The van der Waals surface area contributed by atoms with E-state index in [-0.39, 0.29) is 6.29 Å². The van der Waals surface area contributed by atoms with Crippen LogP contribution in [0.4, 0.5) is 0 Å². The lowest BCUT2D eigenvalue weighted by molar-refractivity contribution is -0.236. The number of ether oxygens (including phenoxy) is 2. The van der Waals surface area contributed by atoms with Gasteiger partial charge < -0.3 is 9.47 Å². The molecule has 0 aliphatic carbocycles. The maximum atomic E-state index is 5.57. The van der Waals surface area contributed by atoms with Gasteiger partial charge >= 0.3 is 0 Å². The summed E-state index contributed by atoms with van der Waals surface area (Å²) in [6.07, 6.45) is 3.98. The second-order valence-corrected chi connectivity index (χ2v) is 3.35. The van der Waals surface area contributed by atoms with Crippen LogP contribution < -0.4 is 0 Å². The smallest absolute Gasteiger partial charge is 0.158 e. The summed E-state index contributed by atoms with van der Waals surface area (Å²) >= 11 is 0. The van der Waals surface area contributed by atoms with Crippen molar-refractivity contribution in [3.63, 3.8) is 0 Å². The highest BCUT2D eigenvalue weighted by atomic mass is 16.7. The van der Waals surface area contributed by atoms with E-state index in [1.807, 2.05) is 0 Å². The zero-order chi connectivity index (χ0) is 8.27. The van der Waals surface area contributed by atoms with Crippen LogP contribution >= 0.6 is 0 Å². The van der Waals surface area contributed by atoms with Crippen molar-refractivity contribution < 1.29 is 9.47 Å². The minimum atomic E-state index is 0.0544. The van der Waals surface area contributed by atoms with Crippen LogP contribution in [0.25, 0.3) is 0 Å². The Bertz CT molecular complexity index is 104. The van der Waals surface area contributed by atoms with E-state index in [0.29, 0.717) is 12.2 Å². The molecule has 0 aromatic carbocycles. The fourth-order valence-corrected chi connectivity index (χ4v) is 1.50. The predicted molar refractivity (Wildman–Crippen MR) is 44.4 cm³/mol. The molecule has 1 heterocycles. The highest BCUT2D eigenvalue weighted by Crippen LogP contribution is 2.20. The Labute approximate surface area is 68.9 Å². The number of hydrogen-bond donors (Lipinski definition) is 0. The maximum Gasteiger partial charge on any atom is 0.158 e. The van der Waals surface area contributed by atoms with Crippen molar-refractivity contribution in [2.24, 2.45) is 0 Å². The van der Waals surface area contributed by atoms with E-state index >= 15 is 0 Å². The summed E-state index contributed by atoms with van der Waals surface area (Å²) in [5.41, 5.74) is 0. The van der Waals surface area contributed by atoms with Gasteiger partial charge in [-0.05, 0) is 26.7 Å². The van der Waals surface area contributed by atoms with Crippen LogP contribution in [0.1, 0.15) is 40.0 Å². The summed E-state index contributed by atoms with van der Waals surface area (Å²) in [5, 5.41) is 0. The van der Waals surface area contributed by atoms with Gasteiger partial charge in [-0.2, -0.15) is 0 Å². The monoisotopic (exact) mass is 158 g/mol. The molecule has 2 atom stereocenters. The molecule has 11 heavy (non-hydrogen) atoms. The van der Waals surface area contributed by atoms with Gasteiger partial charge in [-0.15, -0.1) is 0 Å². The molecule has 0 spiro atoms. The molecule has 0 aromatic heterocycles. The van der Waals surface area contributed by atoms with Crippen molar-refractivity contribution in [3.05, 3.63) is 0 Å². The van der Waals surface area contributed by atoms with Crippen LogP contribution in [0.5, 0.6) is 0 Å². The fourth-order valence-electron chi connectivity index (χ4n) is 1.50. The Morgan fingerprint density at radius 1 is 1.18 bits per heavy atom. The molecule has 0 N–H and O–H groups in total. The minimum absolute atomic E-state index is 0.0544. The van der Waals surface area contributed by atoms with E-state index in [4.69, 9.17) is 9.47 Å². The topological polar surface area (TPSA) is 18.5 Å². The highest BCUT2D eigenvalue weighted by molar-refractivity contribution is 4.65. The van der Waals surface area contributed by atoms with E-state index in [1.165, 1.54) is 0 Å². The van der Waals surface area contributed by atoms with E-state index in [0.717, 1.165) is 19.3 Å². The van der Waals surface area contributed by atoms with E-state index < -0.39 is 0 Å². The highest BCUT2D eigenvalue weighted by Gasteiger charge is 2.23. The number of hydrogen-bond acceptors (Lipinski definition) is 2. The molecule has 2 heteroatoms.